The van der Waals surface area contributed by atoms with Gasteiger partial charge >= 0.3 is 6.03 Å². The number of carbonyl (C=O) groups is 1. The van der Waals surface area contributed by atoms with Crippen molar-refractivity contribution in [2.75, 3.05) is 19.7 Å². The second kappa shape index (κ2) is 8.11. The second-order valence-corrected chi connectivity index (χ2v) is 6.61. The van der Waals surface area contributed by atoms with Crippen molar-refractivity contribution in [3.05, 3.63) is 30.1 Å². The van der Waals surface area contributed by atoms with Crippen LogP contribution in [0.15, 0.2) is 24.5 Å². The number of hydrogen-bond donors (Lipinski definition) is 1. The van der Waals surface area contributed by atoms with Gasteiger partial charge in [0.15, 0.2) is 0 Å². The van der Waals surface area contributed by atoms with E-state index in [9.17, 15) is 4.79 Å². The molecule has 1 aromatic rings. The molecule has 0 aromatic carbocycles. The molecule has 2 aliphatic rings. The zero-order valence-corrected chi connectivity index (χ0v) is 13.9. The van der Waals surface area contributed by atoms with E-state index in [2.05, 4.69) is 16.4 Å². The van der Waals surface area contributed by atoms with Gasteiger partial charge in [0.2, 0.25) is 0 Å². The van der Waals surface area contributed by atoms with Gasteiger partial charge in [-0.05, 0) is 43.2 Å². The third-order valence-corrected chi connectivity index (χ3v) is 4.95. The molecular formula is C18H24N4O2. The van der Waals surface area contributed by atoms with Crippen LogP contribution in [0.25, 0.3) is 0 Å². The lowest BCUT2D eigenvalue weighted by Gasteiger charge is -2.35. The predicted molar refractivity (Wildman–Crippen MR) is 89.0 cm³/mol. The quantitative estimate of drug-likeness (QED) is 0.925. The number of nitriles is 1. The van der Waals surface area contributed by atoms with E-state index in [0.717, 1.165) is 44.3 Å². The third-order valence-electron chi connectivity index (χ3n) is 4.95. The molecule has 6 heteroatoms. The number of carbonyl (C=O) groups excluding carboxylic acids is 1. The zero-order valence-electron chi connectivity index (χ0n) is 13.9. The topological polar surface area (TPSA) is 78.2 Å². The lowest BCUT2D eigenvalue weighted by Crippen LogP contribution is -2.49. The van der Waals surface area contributed by atoms with Crippen LogP contribution in [0.2, 0.25) is 0 Å². The molecule has 0 bridgehead atoms. The number of urea groups is 1. The number of pyridine rings is 1. The number of likely N-dealkylation sites (tertiary alicyclic amines) is 1. The standard InChI is InChI=1S/C18H24N4O2/c19-7-3-14-4-9-22(10-5-14)18(23)21-16-6-11-24-17(12-16)15-2-1-8-20-13-15/h1-2,8,13-14,16-17H,3-6,9-12H2,(H,21,23)/t16-,17-/m1/s1. The molecule has 2 atom stereocenters. The monoisotopic (exact) mass is 328 g/mol. The van der Waals surface area contributed by atoms with E-state index in [-0.39, 0.29) is 18.2 Å². The predicted octanol–water partition coefficient (Wildman–Crippen LogP) is 2.64. The first-order chi connectivity index (χ1) is 11.8. The van der Waals surface area contributed by atoms with Gasteiger partial charge in [0.25, 0.3) is 0 Å². The van der Waals surface area contributed by atoms with E-state index in [1.54, 1.807) is 6.20 Å². The van der Waals surface area contributed by atoms with Crippen LogP contribution in [0.1, 0.15) is 43.8 Å². The van der Waals surface area contributed by atoms with Crippen molar-refractivity contribution in [2.45, 2.75) is 44.2 Å². The van der Waals surface area contributed by atoms with Crippen LogP contribution in [0.3, 0.4) is 0 Å². The summed E-state index contributed by atoms with van der Waals surface area (Å²) in [5.41, 5.74) is 1.06. The van der Waals surface area contributed by atoms with Crippen LogP contribution in [0, 0.1) is 17.2 Å². The summed E-state index contributed by atoms with van der Waals surface area (Å²) in [5.74, 6) is 0.442. The molecule has 0 spiro atoms. The van der Waals surface area contributed by atoms with E-state index in [1.807, 2.05) is 23.2 Å². The smallest absolute Gasteiger partial charge is 0.317 e. The lowest BCUT2D eigenvalue weighted by atomic mass is 9.94. The SMILES string of the molecule is N#CCC1CCN(C(=O)N[C@@H]2CCO[C@@H](c3cccnc3)C2)CC1. The van der Waals surface area contributed by atoms with Crippen molar-refractivity contribution >= 4 is 6.03 Å². The van der Waals surface area contributed by atoms with Gasteiger partial charge in [0, 0.05) is 44.6 Å². The van der Waals surface area contributed by atoms with Crippen molar-refractivity contribution in [3.8, 4) is 6.07 Å². The molecule has 2 aliphatic heterocycles. The Balaban J connectivity index is 1.49. The van der Waals surface area contributed by atoms with E-state index in [4.69, 9.17) is 10.00 Å². The van der Waals surface area contributed by atoms with Crippen molar-refractivity contribution in [1.82, 2.24) is 15.2 Å². The highest BCUT2D eigenvalue weighted by Crippen LogP contribution is 2.28. The summed E-state index contributed by atoms with van der Waals surface area (Å²) < 4.78 is 5.83. The van der Waals surface area contributed by atoms with Crippen LogP contribution in [0.5, 0.6) is 0 Å². The number of piperidine rings is 1. The third kappa shape index (κ3) is 4.24. The molecule has 24 heavy (non-hydrogen) atoms. The molecule has 2 saturated heterocycles. The summed E-state index contributed by atoms with van der Waals surface area (Å²) in [6.45, 7) is 2.13. The van der Waals surface area contributed by atoms with E-state index in [0.29, 0.717) is 18.9 Å². The van der Waals surface area contributed by atoms with Crippen molar-refractivity contribution in [3.63, 3.8) is 0 Å². The average Bonchev–Trinajstić information content (AvgIpc) is 2.63. The van der Waals surface area contributed by atoms with Crippen LogP contribution in [-0.2, 0) is 4.74 Å². The van der Waals surface area contributed by atoms with Gasteiger partial charge in [-0.1, -0.05) is 6.07 Å². The molecule has 0 saturated carbocycles. The highest BCUT2D eigenvalue weighted by Gasteiger charge is 2.28. The molecule has 128 valence electrons. The molecule has 2 fully saturated rings. The molecule has 2 amide bonds. The minimum atomic E-state index is -0.000820. The van der Waals surface area contributed by atoms with Crippen molar-refractivity contribution in [1.29, 1.82) is 5.26 Å². The number of aromatic nitrogens is 1. The number of nitrogens with one attached hydrogen (secondary N) is 1. The summed E-state index contributed by atoms with van der Waals surface area (Å²) >= 11 is 0. The molecular weight excluding hydrogens is 304 g/mol. The fraction of sp³-hybridized carbons (Fsp3) is 0.611. The van der Waals surface area contributed by atoms with Gasteiger partial charge in [0.1, 0.15) is 0 Å². The van der Waals surface area contributed by atoms with Gasteiger partial charge in [0.05, 0.1) is 12.2 Å². The average molecular weight is 328 g/mol. The Hall–Kier alpha value is -2.13. The summed E-state index contributed by atoms with van der Waals surface area (Å²) in [5, 5.41) is 11.9. The van der Waals surface area contributed by atoms with Crippen LogP contribution < -0.4 is 5.32 Å². The van der Waals surface area contributed by atoms with E-state index in [1.165, 1.54) is 0 Å². The molecule has 0 radical (unpaired) electrons. The maximum Gasteiger partial charge on any atom is 0.317 e. The van der Waals surface area contributed by atoms with Crippen LogP contribution in [-0.4, -0.2) is 41.7 Å². The first kappa shape index (κ1) is 16.7. The lowest BCUT2D eigenvalue weighted by molar-refractivity contribution is 0.00109. The van der Waals surface area contributed by atoms with Crippen molar-refractivity contribution < 1.29 is 9.53 Å². The Morgan fingerprint density at radius 1 is 1.42 bits per heavy atom. The number of nitrogens with zero attached hydrogens (tertiary/aromatic N) is 3. The van der Waals surface area contributed by atoms with E-state index < -0.39 is 0 Å². The first-order valence-electron chi connectivity index (χ1n) is 8.70. The number of amides is 2. The Morgan fingerprint density at radius 2 is 2.25 bits per heavy atom. The fourth-order valence-corrected chi connectivity index (χ4v) is 3.46. The largest absolute Gasteiger partial charge is 0.373 e. The van der Waals surface area contributed by atoms with Gasteiger partial charge in [-0.25, -0.2) is 4.79 Å². The molecule has 3 rings (SSSR count). The number of ether oxygens (including phenoxy) is 1. The molecule has 1 aromatic heterocycles. The highest BCUT2D eigenvalue weighted by molar-refractivity contribution is 5.74. The second-order valence-electron chi connectivity index (χ2n) is 6.61. The minimum absolute atomic E-state index is 0.000820. The number of rotatable bonds is 3. The van der Waals surface area contributed by atoms with Crippen molar-refractivity contribution in [2.24, 2.45) is 5.92 Å². The molecule has 0 aliphatic carbocycles. The van der Waals surface area contributed by atoms with E-state index >= 15 is 0 Å². The highest BCUT2D eigenvalue weighted by atomic mass is 16.5. The molecule has 6 nitrogen and oxygen atoms in total. The van der Waals surface area contributed by atoms with Gasteiger partial charge < -0.3 is 15.0 Å². The Labute approximate surface area is 142 Å². The normalized spacial score (nSPS) is 25.0. The Kier molecular flexibility index (Phi) is 5.65. The number of hydrogen-bond acceptors (Lipinski definition) is 4. The fourth-order valence-electron chi connectivity index (χ4n) is 3.46. The summed E-state index contributed by atoms with van der Waals surface area (Å²) in [4.78, 5) is 18.5. The van der Waals surface area contributed by atoms with Gasteiger partial charge in [-0.3, -0.25) is 4.98 Å². The summed E-state index contributed by atoms with van der Waals surface area (Å²) in [6, 6.07) is 6.30. The summed E-state index contributed by atoms with van der Waals surface area (Å²) in [6.07, 6.45) is 7.65. The van der Waals surface area contributed by atoms with Crippen LogP contribution in [0.4, 0.5) is 4.79 Å². The maximum absolute atomic E-state index is 12.5. The Bertz CT molecular complexity index is 578. The first-order valence-corrected chi connectivity index (χ1v) is 8.70. The molecule has 1 N–H and O–H groups in total. The summed E-state index contributed by atoms with van der Waals surface area (Å²) in [7, 11) is 0. The molecule has 3 heterocycles. The van der Waals surface area contributed by atoms with Gasteiger partial charge in [-0.15, -0.1) is 0 Å². The maximum atomic E-state index is 12.5. The molecule has 0 unspecified atom stereocenters. The minimum Gasteiger partial charge on any atom is -0.373 e. The zero-order chi connectivity index (χ0) is 16.8. The van der Waals surface area contributed by atoms with Gasteiger partial charge in [-0.2, -0.15) is 5.26 Å². The van der Waals surface area contributed by atoms with Crippen LogP contribution >= 0.6 is 0 Å². The Morgan fingerprint density at radius 3 is 2.96 bits per heavy atom.